The average Bonchev–Trinajstić information content (AvgIpc) is 2.90. The lowest BCUT2D eigenvalue weighted by Gasteiger charge is -2.32. The normalized spacial score (nSPS) is 16.7. The van der Waals surface area contributed by atoms with E-state index < -0.39 is 5.25 Å². The molecule has 0 aromatic heterocycles. The van der Waals surface area contributed by atoms with Crippen molar-refractivity contribution in [2.75, 3.05) is 20.2 Å². The third-order valence-electron chi connectivity index (χ3n) is 5.82. The van der Waals surface area contributed by atoms with Crippen LogP contribution in [0.4, 0.5) is 5.69 Å². The van der Waals surface area contributed by atoms with E-state index in [1.54, 1.807) is 12.0 Å². The van der Waals surface area contributed by atoms with Crippen LogP contribution in [0.5, 0.6) is 5.75 Å². The zero-order chi connectivity index (χ0) is 25.3. The number of methoxy groups -OCH3 is 1. The fourth-order valence-electron chi connectivity index (χ4n) is 3.81. The molecule has 0 radical (unpaired) electrons. The summed E-state index contributed by atoms with van der Waals surface area (Å²) in [5.74, 6) is 0.462. The van der Waals surface area contributed by atoms with Crippen molar-refractivity contribution in [3.8, 4) is 5.75 Å². The van der Waals surface area contributed by atoms with E-state index in [-0.39, 0.29) is 18.2 Å². The van der Waals surface area contributed by atoms with Crippen LogP contribution in [-0.4, -0.2) is 47.3 Å². The van der Waals surface area contributed by atoms with E-state index >= 15 is 0 Å². The maximum absolute atomic E-state index is 13.2. The van der Waals surface area contributed by atoms with Crippen molar-refractivity contribution < 1.29 is 14.3 Å². The Morgan fingerprint density at radius 2 is 1.72 bits per heavy atom. The molecule has 1 atom stereocenters. The molecular formula is C28H28ClN3O3S. The largest absolute Gasteiger partial charge is 0.497 e. The fourth-order valence-corrected chi connectivity index (χ4v) is 5.08. The monoisotopic (exact) mass is 521 g/mol. The Morgan fingerprint density at radius 1 is 1.03 bits per heavy atom. The molecular weight excluding hydrogens is 494 g/mol. The third kappa shape index (κ3) is 7.12. The number of carbonyl (C=O) groups is 2. The molecule has 1 aliphatic heterocycles. The Kier molecular flexibility index (Phi) is 9.03. The second-order valence-corrected chi connectivity index (χ2v) is 9.96. The van der Waals surface area contributed by atoms with E-state index in [2.05, 4.69) is 5.32 Å². The highest BCUT2D eigenvalue weighted by atomic mass is 35.5. The van der Waals surface area contributed by atoms with Crippen LogP contribution in [0.15, 0.2) is 83.9 Å². The number of amides is 2. The summed E-state index contributed by atoms with van der Waals surface area (Å²) in [6.07, 6.45) is 1.51. The zero-order valence-electron chi connectivity index (χ0n) is 20.0. The van der Waals surface area contributed by atoms with Gasteiger partial charge in [-0.3, -0.25) is 14.5 Å². The predicted octanol–water partition coefficient (Wildman–Crippen LogP) is 5.27. The van der Waals surface area contributed by atoms with Crippen molar-refractivity contribution in [1.29, 1.82) is 0 Å². The van der Waals surface area contributed by atoms with Gasteiger partial charge in [-0.1, -0.05) is 65.8 Å². The van der Waals surface area contributed by atoms with Gasteiger partial charge in [-0.25, -0.2) is 4.99 Å². The van der Waals surface area contributed by atoms with E-state index in [1.165, 1.54) is 11.8 Å². The van der Waals surface area contributed by atoms with Crippen molar-refractivity contribution in [1.82, 2.24) is 10.2 Å². The van der Waals surface area contributed by atoms with Crippen molar-refractivity contribution in [3.63, 3.8) is 0 Å². The van der Waals surface area contributed by atoms with E-state index in [4.69, 9.17) is 21.3 Å². The number of amidine groups is 1. The van der Waals surface area contributed by atoms with E-state index in [1.807, 2.05) is 78.9 Å². The van der Waals surface area contributed by atoms with Crippen LogP contribution < -0.4 is 10.1 Å². The lowest BCUT2D eigenvalue weighted by molar-refractivity contribution is -0.130. The minimum Gasteiger partial charge on any atom is -0.497 e. The Bertz CT molecular complexity index is 1200. The summed E-state index contributed by atoms with van der Waals surface area (Å²) < 4.78 is 5.23. The lowest BCUT2D eigenvalue weighted by atomic mass is 10.1. The number of carbonyl (C=O) groups excluding carboxylic acids is 2. The second kappa shape index (κ2) is 12.6. The van der Waals surface area contributed by atoms with Crippen molar-refractivity contribution in [2.24, 2.45) is 4.99 Å². The molecule has 1 unspecified atom stereocenters. The number of hydrogen-bond donors (Lipinski definition) is 1. The number of benzene rings is 3. The predicted molar refractivity (Wildman–Crippen MR) is 146 cm³/mol. The Labute approximate surface area is 220 Å². The van der Waals surface area contributed by atoms with Crippen LogP contribution in [0.1, 0.15) is 17.5 Å². The molecule has 186 valence electrons. The molecule has 0 bridgehead atoms. The van der Waals surface area contributed by atoms with Crippen LogP contribution in [0.3, 0.4) is 0 Å². The van der Waals surface area contributed by atoms with Gasteiger partial charge in [0.2, 0.25) is 11.8 Å². The molecule has 2 amide bonds. The number of halogens is 1. The number of nitrogens with one attached hydrogen (secondary N) is 1. The molecule has 0 saturated carbocycles. The molecule has 1 fully saturated rings. The zero-order valence-corrected chi connectivity index (χ0v) is 21.6. The van der Waals surface area contributed by atoms with Crippen molar-refractivity contribution in [3.05, 3.63) is 95.0 Å². The first-order valence-corrected chi connectivity index (χ1v) is 13.0. The van der Waals surface area contributed by atoms with E-state index in [0.717, 1.165) is 23.3 Å². The highest BCUT2D eigenvalue weighted by Gasteiger charge is 2.35. The summed E-state index contributed by atoms with van der Waals surface area (Å²) in [5, 5.41) is 3.65. The minimum atomic E-state index is -0.531. The molecule has 0 aliphatic carbocycles. The summed E-state index contributed by atoms with van der Waals surface area (Å²) in [6.45, 7) is 0.976. The number of hydrogen-bond acceptors (Lipinski definition) is 5. The van der Waals surface area contributed by atoms with E-state index in [0.29, 0.717) is 35.4 Å². The van der Waals surface area contributed by atoms with Gasteiger partial charge in [0.15, 0.2) is 5.17 Å². The molecule has 6 nitrogen and oxygen atoms in total. The molecule has 1 aliphatic rings. The summed E-state index contributed by atoms with van der Waals surface area (Å²) in [5.41, 5.74) is 2.91. The van der Waals surface area contributed by atoms with Gasteiger partial charge >= 0.3 is 0 Å². The van der Waals surface area contributed by atoms with Gasteiger partial charge in [0.25, 0.3) is 0 Å². The number of aliphatic imine (C=N–C) groups is 1. The molecule has 8 heteroatoms. The van der Waals surface area contributed by atoms with Crippen molar-refractivity contribution in [2.45, 2.75) is 24.5 Å². The minimum absolute atomic E-state index is 0.113. The van der Waals surface area contributed by atoms with Gasteiger partial charge in [-0.05, 0) is 60.4 Å². The summed E-state index contributed by atoms with van der Waals surface area (Å²) in [6, 6.07) is 24.9. The SMILES string of the molecule is COc1ccc(N=C2SC(C(=O)NCCc3ccccc3)CC(=O)N2CCc2ccc(Cl)cc2)cc1. The van der Waals surface area contributed by atoms with Gasteiger partial charge < -0.3 is 10.1 Å². The van der Waals surface area contributed by atoms with Crippen LogP contribution >= 0.6 is 23.4 Å². The summed E-state index contributed by atoms with van der Waals surface area (Å²) in [4.78, 5) is 32.6. The van der Waals surface area contributed by atoms with Gasteiger partial charge in [0.1, 0.15) is 5.75 Å². The van der Waals surface area contributed by atoms with Crippen LogP contribution in [0, 0.1) is 0 Å². The number of nitrogens with zero attached hydrogens (tertiary/aromatic N) is 2. The molecule has 1 saturated heterocycles. The molecule has 4 rings (SSSR count). The standard InChI is InChI=1S/C28H28ClN3O3S/c1-35-24-13-11-23(12-14-24)31-28-32(18-16-21-7-9-22(29)10-8-21)26(33)19-25(36-28)27(34)30-17-15-20-5-3-2-4-6-20/h2-14,25H,15-19H2,1H3,(H,30,34). The fraction of sp³-hybridized carbons (Fsp3) is 0.250. The first kappa shape index (κ1) is 25.8. The quantitative estimate of drug-likeness (QED) is 0.416. The topological polar surface area (TPSA) is 71.0 Å². The molecule has 3 aromatic rings. The van der Waals surface area contributed by atoms with Crippen LogP contribution in [-0.2, 0) is 22.4 Å². The smallest absolute Gasteiger partial charge is 0.234 e. The maximum atomic E-state index is 13.2. The molecule has 3 aromatic carbocycles. The summed E-state index contributed by atoms with van der Waals surface area (Å²) >= 11 is 7.33. The molecule has 36 heavy (non-hydrogen) atoms. The number of thioether (sulfide) groups is 1. The van der Waals surface area contributed by atoms with Crippen LogP contribution in [0.25, 0.3) is 0 Å². The highest BCUT2D eigenvalue weighted by molar-refractivity contribution is 8.15. The maximum Gasteiger partial charge on any atom is 0.234 e. The summed E-state index contributed by atoms with van der Waals surface area (Å²) in [7, 11) is 1.61. The Balaban J connectivity index is 1.47. The molecule has 0 spiro atoms. The van der Waals surface area contributed by atoms with E-state index in [9.17, 15) is 9.59 Å². The van der Waals surface area contributed by atoms with Gasteiger partial charge in [-0.15, -0.1) is 0 Å². The number of rotatable bonds is 9. The van der Waals surface area contributed by atoms with Crippen LogP contribution in [0.2, 0.25) is 5.02 Å². The van der Waals surface area contributed by atoms with Gasteiger partial charge in [0, 0.05) is 24.5 Å². The van der Waals surface area contributed by atoms with Gasteiger partial charge in [-0.2, -0.15) is 0 Å². The number of ether oxygens (including phenoxy) is 1. The second-order valence-electron chi connectivity index (χ2n) is 8.35. The average molecular weight is 522 g/mol. The highest BCUT2D eigenvalue weighted by Crippen LogP contribution is 2.30. The van der Waals surface area contributed by atoms with Gasteiger partial charge in [0.05, 0.1) is 18.0 Å². The Hall–Kier alpha value is -3.29. The first-order chi connectivity index (χ1) is 17.5. The first-order valence-electron chi connectivity index (χ1n) is 11.8. The van der Waals surface area contributed by atoms with Crippen molar-refractivity contribution >= 4 is 46.0 Å². The molecule has 1 heterocycles. The Morgan fingerprint density at radius 3 is 2.42 bits per heavy atom. The third-order valence-corrected chi connectivity index (χ3v) is 7.26. The lowest BCUT2D eigenvalue weighted by Crippen LogP contribution is -2.47. The molecule has 1 N–H and O–H groups in total.